The highest BCUT2D eigenvalue weighted by atomic mass is 16.5. The van der Waals surface area contributed by atoms with Gasteiger partial charge in [0.1, 0.15) is 0 Å². The maximum Gasteiger partial charge on any atom is 0.161 e. The van der Waals surface area contributed by atoms with Crippen molar-refractivity contribution in [3.05, 3.63) is 23.3 Å². The second kappa shape index (κ2) is 4.72. The van der Waals surface area contributed by atoms with E-state index in [0.717, 1.165) is 24.5 Å². The van der Waals surface area contributed by atoms with Crippen molar-refractivity contribution in [2.45, 2.75) is 12.5 Å². The minimum atomic E-state index is 0.226. The molecule has 0 bridgehead atoms. The molecular formula is C12H18N2O2. The van der Waals surface area contributed by atoms with E-state index in [1.807, 2.05) is 6.07 Å². The molecule has 0 saturated heterocycles. The topological polar surface area (TPSA) is 56.5 Å². The van der Waals surface area contributed by atoms with Crippen LogP contribution in [-0.2, 0) is 6.42 Å². The summed E-state index contributed by atoms with van der Waals surface area (Å²) in [5.74, 6) is 1.56. The molecule has 0 aromatic heterocycles. The molecule has 2 rings (SSSR count). The van der Waals surface area contributed by atoms with Gasteiger partial charge in [0.05, 0.1) is 14.2 Å². The van der Waals surface area contributed by atoms with Crippen LogP contribution in [0.5, 0.6) is 11.5 Å². The number of ether oxygens (including phenoxy) is 2. The Balaban J connectivity index is 2.46. The number of nitrogens with one attached hydrogen (secondary N) is 1. The summed E-state index contributed by atoms with van der Waals surface area (Å²) < 4.78 is 10.6. The van der Waals surface area contributed by atoms with Crippen molar-refractivity contribution in [2.75, 3.05) is 27.3 Å². The summed E-state index contributed by atoms with van der Waals surface area (Å²) in [4.78, 5) is 0. The average Bonchev–Trinajstić information content (AvgIpc) is 2.36. The Bertz CT molecular complexity index is 380. The standard InChI is InChI=1S/C12H18N2O2/c1-15-11-5-8-3-4-14-10(7-13)9(8)6-12(11)16-2/h5-6,10,14H,3-4,7,13H2,1-2H3. The van der Waals surface area contributed by atoms with Gasteiger partial charge in [-0.05, 0) is 36.2 Å². The Morgan fingerprint density at radius 1 is 1.31 bits per heavy atom. The Labute approximate surface area is 95.7 Å². The van der Waals surface area contributed by atoms with E-state index in [0.29, 0.717) is 6.54 Å². The van der Waals surface area contributed by atoms with Gasteiger partial charge in [0.15, 0.2) is 11.5 Å². The second-order valence-electron chi connectivity index (χ2n) is 3.90. The van der Waals surface area contributed by atoms with E-state index in [4.69, 9.17) is 15.2 Å². The first-order valence-corrected chi connectivity index (χ1v) is 5.48. The Kier molecular flexibility index (Phi) is 3.31. The van der Waals surface area contributed by atoms with Crippen molar-refractivity contribution in [3.63, 3.8) is 0 Å². The molecular weight excluding hydrogens is 204 g/mol. The van der Waals surface area contributed by atoms with Gasteiger partial charge in [-0.25, -0.2) is 0 Å². The zero-order valence-corrected chi connectivity index (χ0v) is 9.75. The lowest BCUT2D eigenvalue weighted by atomic mass is 9.93. The van der Waals surface area contributed by atoms with Gasteiger partial charge >= 0.3 is 0 Å². The minimum Gasteiger partial charge on any atom is -0.493 e. The highest BCUT2D eigenvalue weighted by Gasteiger charge is 2.21. The molecule has 1 aliphatic heterocycles. The van der Waals surface area contributed by atoms with Crippen molar-refractivity contribution in [1.29, 1.82) is 0 Å². The lowest BCUT2D eigenvalue weighted by Crippen LogP contribution is -2.34. The van der Waals surface area contributed by atoms with Crippen molar-refractivity contribution >= 4 is 0 Å². The Morgan fingerprint density at radius 3 is 2.62 bits per heavy atom. The summed E-state index contributed by atoms with van der Waals surface area (Å²) in [6, 6.07) is 4.30. The molecule has 0 spiro atoms. The molecule has 0 aliphatic carbocycles. The molecule has 4 heteroatoms. The van der Waals surface area contributed by atoms with Crippen LogP contribution in [-0.4, -0.2) is 27.3 Å². The molecule has 1 aromatic rings. The van der Waals surface area contributed by atoms with Crippen molar-refractivity contribution < 1.29 is 9.47 Å². The zero-order chi connectivity index (χ0) is 11.5. The van der Waals surface area contributed by atoms with Crippen molar-refractivity contribution in [2.24, 2.45) is 5.73 Å². The number of nitrogens with two attached hydrogens (primary N) is 1. The first-order valence-electron chi connectivity index (χ1n) is 5.48. The van der Waals surface area contributed by atoms with Crippen LogP contribution in [0.2, 0.25) is 0 Å². The third-order valence-electron chi connectivity index (χ3n) is 3.04. The molecule has 1 aliphatic rings. The van der Waals surface area contributed by atoms with Crippen LogP contribution in [0.1, 0.15) is 17.2 Å². The Hall–Kier alpha value is -1.26. The van der Waals surface area contributed by atoms with Crippen LogP contribution >= 0.6 is 0 Å². The van der Waals surface area contributed by atoms with E-state index >= 15 is 0 Å². The molecule has 88 valence electrons. The van der Waals surface area contributed by atoms with Gasteiger partial charge < -0.3 is 20.5 Å². The highest BCUT2D eigenvalue weighted by Crippen LogP contribution is 2.34. The number of benzene rings is 1. The predicted octanol–water partition coefficient (Wildman–Crippen LogP) is 0.849. The van der Waals surface area contributed by atoms with E-state index in [1.54, 1.807) is 14.2 Å². The lowest BCUT2D eigenvalue weighted by molar-refractivity contribution is 0.352. The van der Waals surface area contributed by atoms with Crippen LogP contribution < -0.4 is 20.5 Å². The first-order chi connectivity index (χ1) is 7.80. The summed E-state index contributed by atoms with van der Waals surface area (Å²) in [6.45, 7) is 1.56. The molecule has 1 unspecified atom stereocenters. The van der Waals surface area contributed by atoms with Gasteiger partial charge in [-0.3, -0.25) is 0 Å². The summed E-state index contributed by atoms with van der Waals surface area (Å²) in [5.41, 5.74) is 8.27. The summed E-state index contributed by atoms with van der Waals surface area (Å²) >= 11 is 0. The van der Waals surface area contributed by atoms with Crippen LogP contribution in [0.4, 0.5) is 0 Å². The molecule has 1 atom stereocenters. The zero-order valence-electron chi connectivity index (χ0n) is 9.75. The number of methoxy groups -OCH3 is 2. The summed E-state index contributed by atoms with van der Waals surface area (Å²) in [6.07, 6.45) is 1.01. The minimum absolute atomic E-state index is 0.226. The lowest BCUT2D eigenvalue weighted by Gasteiger charge is -2.27. The van der Waals surface area contributed by atoms with E-state index in [9.17, 15) is 0 Å². The molecule has 0 saturated carbocycles. The fraction of sp³-hybridized carbons (Fsp3) is 0.500. The van der Waals surface area contributed by atoms with Crippen LogP contribution in [0.3, 0.4) is 0 Å². The van der Waals surface area contributed by atoms with Crippen molar-refractivity contribution in [1.82, 2.24) is 5.32 Å². The first kappa shape index (κ1) is 11.2. The van der Waals surface area contributed by atoms with Crippen molar-refractivity contribution in [3.8, 4) is 11.5 Å². The quantitative estimate of drug-likeness (QED) is 0.796. The fourth-order valence-electron chi connectivity index (χ4n) is 2.18. The highest BCUT2D eigenvalue weighted by molar-refractivity contribution is 5.49. The third-order valence-corrected chi connectivity index (χ3v) is 3.04. The molecule has 0 radical (unpaired) electrons. The molecule has 0 amide bonds. The largest absolute Gasteiger partial charge is 0.493 e. The number of fused-ring (bicyclic) bond motifs is 1. The fourth-order valence-corrected chi connectivity index (χ4v) is 2.18. The molecule has 3 N–H and O–H groups in total. The maximum atomic E-state index is 5.75. The second-order valence-corrected chi connectivity index (χ2v) is 3.90. The van der Waals surface area contributed by atoms with E-state index in [1.165, 1.54) is 11.1 Å². The van der Waals surface area contributed by atoms with Gasteiger partial charge in [-0.1, -0.05) is 0 Å². The molecule has 0 fully saturated rings. The maximum absolute atomic E-state index is 5.75. The third kappa shape index (κ3) is 1.86. The molecule has 16 heavy (non-hydrogen) atoms. The van der Waals surface area contributed by atoms with E-state index < -0.39 is 0 Å². The smallest absolute Gasteiger partial charge is 0.161 e. The number of hydrogen-bond donors (Lipinski definition) is 2. The van der Waals surface area contributed by atoms with Crippen LogP contribution in [0.15, 0.2) is 12.1 Å². The van der Waals surface area contributed by atoms with E-state index in [2.05, 4.69) is 11.4 Å². The van der Waals surface area contributed by atoms with E-state index in [-0.39, 0.29) is 6.04 Å². The Morgan fingerprint density at radius 2 is 2.00 bits per heavy atom. The monoisotopic (exact) mass is 222 g/mol. The SMILES string of the molecule is COc1cc2c(cc1OC)C(CN)NCC2. The molecule has 1 aromatic carbocycles. The van der Waals surface area contributed by atoms with Crippen LogP contribution in [0, 0.1) is 0 Å². The van der Waals surface area contributed by atoms with Gasteiger partial charge in [0, 0.05) is 12.6 Å². The van der Waals surface area contributed by atoms with Gasteiger partial charge in [-0.2, -0.15) is 0 Å². The van der Waals surface area contributed by atoms with Gasteiger partial charge in [-0.15, -0.1) is 0 Å². The number of hydrogen-bond acceptors (Lipinski definition) is 4. The van der Waals surface area contributed by atoms with Gasteiger partial charge in [0.25, 0.3) is 0 Å². The normalized spacial score (nSPS) is 19.1. The predicted molar refractivity (Wildman–Crippen MR) is 63.0 cm³/mol. The summed E-state index contributed by atoms with van der Waals surface area (Å²) in [7, 11) is 3.31. The summed E-state index contributed by atoms with van der Waals surface area (Å²) in [5, 5.41) is 3.39. The van der Waals surface area contributed by atoms with Gasteiger partial charge in [0.2, 0.25) is 0 Å². The molecule has 4 nitrogen and oxygen atoms in total. The molecule has 1 heterocycles. The average molecular weight is 222 g/mol. The van der Waals surface area contributed by atoms with Crippen LogP contribution in [0.25, 0.3) is 0 Å². The number of rotatable bonds is 3.